The summed E-state index contributed by atoms with van der Waals surface area (Å²) in [6.45, 7) is 0. The van der Waals surface area contributed by atoms with E-state index in [-0.39, 0.29) is 5.82 Å². The first-order chi connectivity index (χ1) is 7.70. The zero-order valence-electron chi connectivity index (χ0n) is 8.91. The molecule has 0 fully saturated rings. The van der Waals surface area contributed by atoms with Crippen LogP contribution in [0.15, 0.2) is 42.5 Å². The standard InChI is InChI=1S/C13H12FNO/c1-16-11-4-2-3-9(7-11)12-6-5-10(15)8-13(12)14/h2-8H,15H2,1H3. The number of halogens is 1. The molecule has 0 aliphatic rings. The van der Waals surface area contributed by atoms with E-state index in [2.05, 4.69) is 0 Å². The zero-order chi connectivity index (χ0) is 11.5. The van der Waals surface area contributed by atoms with Gasteiger partial charge < -0.3 is 10.5 Å². The Hall–Kier alpha value is -2.03. The molecule has 0 bridgehead atoms. The quantitative estimate of drug-likeness (QED) is 0.784. The van der Waals surface area contributed by atoms with Gasteiger partial charge in [-0.15, -0.1) is 0 Å². The monoisotopic (exact) mass is 217 g/mol. The number of anilines is 1. The highest BCUT2D eigenvalue weighted by atomic mass is 19.1. The van der Waals surface area contributed by atoms with Crippen molar-refractivity contribution in [3.05, 3.63) is 48.3 Å². The van der Waals surface area contributed by atoms with Gasteiger partial charge in [-0.05, 0) is 35.9 Å². The smallest absolute Gasteiger partial charge is 0.133 e. The molecule has 0 spiro atoms. The molecule has 0 aliphatic carbocycles. The van der Waals surface area contributed by atoms with E-state index in [1.165, 1.54) is 6.07 Å². The summed E-state index contributed by atoms with van der Waals surface area (Å²) in [6.07, 6.45) is 0. The second-order valence-electron chi connectivity index (χ2n) is 3.47. The van der Waals surface area contributed by atoms with Gasteiger partial charge in [0.25, 0.3) is 0 Å². The number of methoxy groups -OCH3 is 1. The molecule has 0 radical (unpaired) electrons. The summed E-state index contributed by atoms with van der Waals surface area (Å²) < 4.78 is 18.7. The summed E-state index contributed by atoms with van der Waals surface area (Å²) in [7, 11) is 1.58. The lowest BCUT2D eigenvalue weighted by atomic mass is 10.0. The van der Waals surface area contributed by atoms with Crippen molar-refractivity contribution in [2.75, 3.05) is 12.8 Å². The fourth-order valence-corrected chi connectivity index (χ4v) is 1.56. The molecule has 2 aromatic carbocycles. The van der Waals surface area contributed by atoms with E-state index in [0.717, 1.165) is 5.56 Å². The average molecular weight is 217 g/mol. The van der Waals surface area contributed by atoms with Crippen LogP contribution in [0, 0.1) is 5.82 Å². The molecule has 0 saturated heterocycles. The van der Waals surface area contributed by atoms with Crippen LogP contribution in [0.2, 0.25) is 0 Å². The summed E-state index contributed by atoms with van der Waals surface area (Å²) in [5.41, 5.74) is 7.21. The van der Waals surface area contributed by atoms with Gasteiger partial charge in [0.1, 0.15) is 11.6 Å². The first-order valence-corrected chi connectivity index (χ1v) is 4.90. The van der Waals surface area contributed by atoms with E-state index in [0.29, 0.717) is 17.0 Å². The van der Waals surface area contributed by atoms with Gasteiger partial charge in [-0.25, -0.2) is 4.39 Å². The van der Waals surface area contributed by atoms with Crippen molar-refractivity contribution in [1.82, 2.24) is 0 Å². The van der Waals surface area contributed by atoms with Gasteiger partial charge in [-0.1, -0.05) is 12.1 Å². The maximum absolute atomic E-state index is 13.7. The summed E-state index contributed by atoms with van der Waals surface area (Å²) in [6, 6.07) is 11.9. The van der Waals surface area contributed by atoms with Crippen molar-refractivity contribution >= 4 is 5.69 Å². The fourth-order valence-electron chi connectivity index (χ4n) is 1.56. The molecular formula is C13H12FNO. The normalized spacial score (nSPS) is 10.1. The number of nitrogens with two attached hydrogens (primary N) is 1. The predicted octanol–water partition coefficient (Wildman–Crippen LogP) is 3.08. The first kappa shape index (κ1) is 10.5. The minimum atomic E-state index is -0.326. The zero-order valence-corrected chi connectivity index (χ0v) is 8.91. The van der Waals surface area contributed by atoms with E-state index in [4.69, 9.17) is 10.5 Å². The maximum Gasteiger partial charge on any atom is 0.133 e. The predicted molar refractivity (Wildman–Crippen MR) is 62.8 cm³/mol. The number of benzene rings is 2. The van der Waals surface area contributed by atoms with Crippen LogP contribution in [0.3, 0.4) is 0 Å². The highest BCUT2D eigenvalue weighted by Crippen LogP contribution is 2.27. The van der Waals surface area contributed by atoms with Crippen LogP contribution >= 0.6 is 0 Å². The Labute approximate surface area is 93.5 Å². The largest absolute Gasteiger partial charge is 0.497 e. The van der Waals surface area contributed by atoms with Gasteiger partial charge in [0.05, 0.1) is 7.11 Å². The van der Waals surface area contributed by atoms with Crippen molar-refractivity contribution in [2.45, 2.75) is 0 Å². The molecule has 82 valence electrons. The molecule has 0 saturated carbocycles. The highest BCUT2D eigenvalue weighted by Gasteiger charge is 2.05. The third-order valence-electron chi connectivity index (χ3n) is 2.37. The van der Waals surface area contributed by atoms with Crippen molar-refractivity contribution < 1.29 is 9.13 Å². The molecule has 2 N–H and O–H groups in total. The average Bonchev–Trinajstić information content (AvgIpc) is 2.29. The van der Waals surface area contributed by atoms with E-state index in [1.54, 1.807) is 25.3 Å². The number of rotatable bonds is 2. The molecule has 0 atom stereocenters. The van der Waals surface area contributed by atoms with Crippen molar-refractivity contribution in [3.63, 3.8) is 0 Å². The Kier molecular flexibility index (Phi) is 2.77. The van der Waals surface area contributed by atoms with Crippen LogP contribution in [0.5, 0.6) is 5.75 Å². The molecule has 16 heavy (non-hydrogen) atoms. The SMILES string of the molecule is COc1cccc(-c2ccc(N)cc2F)c1. The van der Waals surface area contributed by atoms with Crippen molar-refractivity contribution in [3.8, 4) is 16.9 Å². The summed E-state index contributed by atoms with van der Waals surface area (Å²) in [5, 5.41) is 0. The Balaban J connectivity index is 2.49. The van der Waals surface area contributed by atoms with E-state index < -0.39 is 0 Å². The molecule has 2 nitrogen and oxygen atoms in total. The molecule has 0 aliphatic heterocycles. The highest BCUT2D eigenvalue weighted by molar-refractivity contribution is 5.67. The lowest BCUT2D eigenvalue weighted by Crippen LogP contribution is -1.90. The Morgan fingerprint density at radius 3 is 2.62 bits per heavy atom. The number of hydrogen-bond donors (Lipinski definition) is 1. The van der Waals surface area contributed by atoms with Gasteiger partial charge in [-0.2, -0.15) is 0 Å². The number of hydrogen-bond acceptors (Lipinski definition) is 2. The van der Waals surface area contributed by atoms with Gasteiger partial charge in [0.2, 0.25) is 0 Å². The van der Waals surface area contributed by atoms with Crippen LogP contribution < -0.4 is 10.5 Å². The maximum atomic E-state index is 13.7. The minimum Gasteiger partial charge on any atom is -0.497 e. The van der Waals surface area contributed by atoms with E-state index in [1.807, 2.05) is 18.2 Å². The molecule has 0 aromatic heterocycles. The van der Waals surface area contributed by atoms with Gasteiger partial charge in [-0.3, -0.25) is 0 Å². The molecule has 2 rings (SSSR count). The van der Waals surface area contributed by atoms with Crippen LogP contribution in [0.1, 0.15) is 0 Å². The molecule has 0 amide bonds. The van der Waals surface area contributed by atoms with Crippen LogP contribution in [-0.4, -0.2) is 7.11 Å². The second kappa shape index (κ2) is 4.23. The van der Waals surface area contributed by atoms with E-state index in [9.17, 15) is 4.39 Å². The third-order valence-corrected chi connectivity index (χ3v) is 2.37. The van der Waals surface area contributed by atoms with Gasteiger partial charge in [0, 0.05) is 11.3 Å². The van der Waals surface area contributed by atoms with Gasteiger partial charge >= 0.3 is 0 Å². The Morgan fingerprint density at radius 1 is 1.12 bits per heavy atom. The minimum absolute atomic E-state index is 0.326. The Morgan fingerprint density at radius 2 is 1.94 bits per heavy atom. The van der Waals surface area contributed by atoms with Crippen LogP contribution in [0.4, 0.5) is 10.1 Å². The Bertz CT molecular complexity index is 511. The number of nitrogen functional groups attached to an aromatic ring is 1. The summed E-state index contributed by atoms with van der Waals surface area (Å²) in [4.78, 5) is 0. The molecular weight excluding hydrogens is 205 g/mol. The lowest BCUT2D eigenvalue weighted by molar-refractivity contribution is 0.415. The fraction of sp³-hybridized carbons (Fsp3) is 0.0769. The van der Waals surface area contributed by atoms with Crippen molar-refractivity contribution in [1.29, 1.82) is 0 Å². The van der Waals surface area contributed by atoms with Crippen molar-refractivity contribution in [2.24, 2.45) is 0 Å². The second-order valence-corrected chi connectivity index (χ2v) is 3.47. The molecule has 2 aromatic rings. The van der Waals surface area contributed by atoms with Crippen LogP contribution in [0.25, 0.3) is 11.1 Å². The first-order valence-electron chi connectivity index (χ1n) is 4.90. The molecule has 0 unspecified atom stereocenters. The lowest BCUT2D eigenvalue weighted by Gasteiger charge is -2.06. The summed E-state index contributed by atoms with van der Waals surface area (Å²) >= 11 is 0. The third kappa shape index (κ3) is 1.98. The topological polar surface area (TPSA) is 35.2 Å². The molecule has 3 heteroatoms. The number of ether oxygens (including phenoxy) is 1. The molecule has 0 heterocycles. The van der Waals surface area contributed by atoms with E-state index >= 15 is 0 Å². The van der Waals surface area contributed by atoms with Crippen LogP contribution in [-0.2, 0) is 0 Å². The van der Waals surface area contributed by atoms with Gasteiger partial charge in [0.15, 0.2) is 0 Å². The summed E-state index contributed by atoms with van der Waals surface area (Å²) in [5.74, 6) is 0.377.